The Morgan fingerprint density at radius 3 is 2.47 bits per heavy atom. The van der Waals surface area contributed by atoms with Gasteiger partial charge in [0, 0.05) is 0 Å². The van der Waals surface area contributed by atoms with E-state index in [0.717, 1.165) is 12.0 Å². The zero-order chi connectivity index (χ0) is 11.7. The Balaban J connectivity index is 1.98. The van der Waals surface area contributed by atoms with Crippen molar-refractivity contribution in [3.63, 3.8) is 0 Å². The molecule has 0 atom stereocenters. The van der Waals surface area contributed by atoms with Crippen molar-refractivity contribution >= 4 is 6.08 Å². The monoisotopic (exact) mass is 222 g/mol. The minimum Gasteiger partial charge on any atom is -0.392 e. The summed E-state index contributed by atoms with van der Waals surface area (Å²) in [7, 11) is 0. The first-order valence-electron chi connectivity index (χ1n) is 5.86. The molecule has 0 heterocycles. The first-order chi connectivity index (χ1) is 8.36. The molecule has 0 aromatic heterocycles. The Morgan fingerprint density at radius 1 is 0.941 bits per heavy atom. The van der Waals surface area contributed by atoms with Crippen molar-refractivity contribution in [3.8, 4) is 11.1 Å². The van der Waals surface area contributed by atoms with Crippen LogP contribution in [0.5, 0.6) is 0 Å². The maximum Gasteiger partial charge on any atom is 0.0681 e. The van der Waals surface area contributed by atoms with Crippen molar-refractivity contribution in [1.82, 2.24) is 0 Å². The van der Waals surface area contributed by atoms with Crippen LogP contribution in [0.15, 0.2) is 48.5 Å². The van der Waals surface area contributed by atoms with E-state index in [2.05, 4.69) is 42.5 Å². The Kier molecular flexibility index (Phi) is 2.54. The van der Waals surface area contributed by atoms with E-state index in [1.807, 2.05) is 12.1 Å². The molecule has 0 amide bonds. The average molecular weight is 222 g/mol. The molecule has 0 aliphatic heterocycles. The molecule has 1 heteroatoms. The van der Waals surface area contributed by atoms with Crippen LogP contribution in [0.1, 0.15) is 16.7 Å². The van der Waals surface area contributed by atoms with Crippen molar-refractivity contribution in [2.75, 3.05) is 0 Å². The highest BCUT2D eigenvalue weighted by Gasteiger charge is 2.06. The lowest BCUT2D eigenvalue weighted by Crippen LogP contribution is -1.86. The summed E-state index contributed by atoms with van der Waals surface area (Å²) < 4.78 is 0. The van der Waals surface area contributed by atoms with E-state index in [4.69, 9.17) is 5.11 Å². The molecule has 2 aromatic carbocycles. The predicted octanol–water partition coefficient (Wildman–Crippen LogP) is 3.42. The van der Waals surface area contributed by atoms with Crippen LogP contribution >= 0.6 is 0 Å². The second kappa shape index (κ2) is 4.19. The lowest BCUT2D eigenvalue weighted by Gasteiger charge is -2.06. The highest BCUT2D eigenvalue weighted by molar-refractivity contribution is 5.70. The van der Waals surface area contributed by atoms with Gasteiger partial charge >= 0.3 is 0 Å². The van der Waals surface area contributed by atoms with Crippen LogP contribution in [0.2, 0.25) is 0 Å². The minimum atomic E-state index is 0.106. The number of fused-ring (bicyclic) bond motifs is 1. The molecular formula is C16H14O. The normalized spacial score (nSPS) is 12.8. The van der Waals surface area contributed by atoms with Gasteiger partial charge < -0.3 is 5.11 Å². The average Bonchev–Trinajstić information content (AvgIpc) is 2.86. The van der Waals surface area contributed by atoms with Crippen LogP contribution < -0.4 is 0 Å². The van der Waals surface area contributed by atoms with Gasteiger partial charge in [-0.3, -0.25) is 0 Å². The van der Waals surface area contributed by atoms with Crippen molar-refractivity contribution in [3.05, 3.63) is 65.2 Å². The number of benzene rings is 2. The van der Waals surface area contributed by atoms with Gasteiger partial charge in [-0.2, -0.15) is 0 Å². The van der Waals surface area contributed by atoms with E-state index < -0.39 is 0 Å². The van der Waals surface area contributed by atoms with Crippen LogP contribution in [0.25, 0.3) is 17.2 Å². The zero-order valence-corrected chi connectivity index (χ0v) is 9.56. The van der Waals surface area contributed by atoms with Gasteiger partial charge in [-0.05, 0) is 34.2 Å². The molecule has 3 rings (SSSR count). The molecule has 0 unspecified atom stereocenters. The molecule has 1 aliphatic carbocycles. The fourth-order valence-corrected chi connectivity index (χ4v) is 2.24. The fraction of sp³-hybridized carbons (Fsp3) is 0.125. The summed E-state index contributed by atoms with van der Waals surface area (Å²) in [6.07, 6.45) is 5.41. The van der Waals surface area contributed by atoms with Gasteiger partial charge in [-0.25, -0.2) is 0 Å². The molecule has 1 nitrogen and oxygen atoms in total. The number of hydrogen-bond donors (Lipinski definition) is 1. The highest BCUT2D eigenvalue weighted by Crippen LogP contribution is 2.26. The van der Waals surface area contributed by atoms with Gasteiger partial charge in [-0.1, -0.05) is 54.6 Å². The van der Waals surface area contributed by atoms with E-state index in [0.29, 0.717) is 0 Å². The van der Waals surface area contributed by atoms with Gasteiger partial charge in [0.2, 0.25) is 0 Å². The standard InChI is InChI=1S/C16H14O/c17-11-12-4-6-14(7-5-12)16-9-8-13-2-1-3-15(13)10-16/h1-2,4-10,17H,3,11H2. The summed E-state index contributed by atoms with van der Waals surface area (Å²) in [5.41, 5.74) is 6.14. The van der Waals surface area contributed by atoms with Crippen molar-refractivity contribution in [2.24, 2.45) is 0 Å². The molecule has 0 fully saturated rings. The summed E-state index contributed by atoms with van der Waals surface area (Å²) in [4.78, 5) is 0. The first-order valence-corrected chi connectivity index (χ1v) is 5.86. The van der Waals surface area contributed by atoms with Gasteiger partial charge in [0.05, 0.1) is 6.61 Å². The summed E-state index contributed by atoms with van der Waals surface area (Å²) in [6.45, 7) is 0.106. The summed E-state index contributed by atoms with van der Waals surface area (Å²) in [5.74, 6) is 0. The van der Waals surface area contributed by atoms with Gasteiger partial charge in [0.25, 0.3) is 0 Å². The Bertz CT molecular complexity index is 565. The van der Waals surface area contributed by atoms with Crippen LogP contribution in [0, 0.1) is 0 Å². The van der Waals surface area contributed by atoms with Crippen LogP contribution in [-0.2, 0) is 13.0 Å². The van der Waals surface area contributed by atoms with Crippen LogP contribution in [-0.4, -0.2) is 5.11 Å². The summed E-state index contributed by atoms with van der Waals surface area (Å²) >= 11 is 0. The summed E-state index contributed by atoms with van der Waals surface area (Å²) in [5, 5.41) is 9.02. The molecule has 0 radical (unpaired) electrons. The van der Waals surface area contributed by atoms with Crippen molar-refractivity contribution in [1.29, 1.82) is 0 Å². The van der Waals surface area contributed by atoms with Crippen molar-refractivity contribution in [2.45, 2.75) is 13.0 Å². The van der Waals surface area contributed by atoms with E-state index in [-0.39, 0.29) is 6.61 Å². The van der Waals surface area contributed by atoms with Gasteiger partial charge in [-0.15, -0.1) is 0 Å². The number of rotatable bonds is 2. The van der Waals surface area contributed by atoms with Crippen LogP contribution in [0.4, 0.5) is 0 Å². The van der Waals surface area contributed by atoms with E-state index in [1.165, 1.54) is 22.3 Å². The lowest BCUT2D eigenvalue weighted by molar-refractivity contribution is 0.282. The molecule has 1 aliphatic rings. The molecule has 17 heavy (non-hydrogen) atoms. The number of aliphatic hydroxyl groups is 1. The second-order valence-corrected chi connectivity index (χ2v) is 4.38. The second-order valence-electron chi connectivity index (χ2n) is 4.38. The number of hydrogen-bond acceptors (Lipinski definition) is 1. The Morgan fingerprint density at radius 2 is 1.71 bits per heavy atom. The maximum absolute atomic E-state index is 9.02. The molecule has 0 saturated heterocycles. The van der Waals surface area contributed by atoms with E-state index in [1.54, 1.807) is 0 Å². The topological polar surface area (TPSA) is 20.2 Å². The number of aliphatic hydroxyl groups excluding tert-OH is 1. The maximum atomic E-state index is 9.02. The minimum absolute atomic E-state index is 0.106. The van der Waals surface area contributed by atoms with E-state index >= 15 is 0 Å². The fourth-order valence-electron chi connectivity index (χ4n) is 2.24. The van der Waals surface area contributed by atoms with Gasteiger partial charge in [0.15, 0.2) is 0 Å². The quantitative estimate of drug-likeness (QED) is 0.825. The predicted molar refractivity (Wildman–Crippen MR) is 70.5 cm³/mol. The molecule has 0 saturated carbocycles. The number of allylic oxidation sites excluding steroid dienone is 1. The third-order valence-corrected chi connectivity index (χ3v) is 3.25. The SMILES string of the molecule is OCc1ccc(-c2ccc3c(c2)CC=C3)cc1. The molecule has 2 aromatic rings. The molecule has 1 N–H and O–H groups in total. The van der Waals surface area contributed by atoms with Gasteiger partial charge in [0.1, 0.15) is 0 Å². The zero-order valence-electron chi connectivity index (χ0n) is 9.56. The molecule has 84 valence electrons. The van der Waals surface area contributed by atoms with E-state index in [9.17, 15) is 0 Å². The summed E-state index contributed by atoms with van der Waals surface area (Å²) in [6, 6.07) is 14.7. The third-order valence-electron chi connectivity index (χ3n) is 3.25. The third kappa shape index (κ3) is 1.90. The first kappa shape index (κ1) is 10.3. The highest BCUT2D eigenvalue weighted by atomic mass is 16.3. The van der Waals surface area contributed by atoms with Crippen LogP contribution in [0.3, 0.4) is 0 Å². The largest absolute Gasteiger partial charge is 0.392 e. The van der Waals surface area contributed by atoms with Crippen molar-refractivity contribution < 1.29 is 5.11 Å². The molecular weight excluding hydrogens is 208 g/mol. The Hall–Kier alpha value is -1.86. The lowest BCUT2D eigenvalue weighted by atomic mass is 9.99. The smallest absolute Gasteiger partial charge is 0.0681 e. The molecule has 0 bridgehead atoms. The molecule has 0 spiro atoms. The Labute approximate surface area is 101 Å².